The molecule has 2 aromatic heterocycles. The molecule has 0 spiro atoms. The number of carbonyl (C=O) groups excluding carboxylic acids is 2. The van der Waals surface area contributed by atoms with Crippen molar-refractivity contribution >= 4 is 22.8 Å². The lowest BCUT2D eigenvalue weighted by Crippen LogP contribution is -2.35. The topological polar surface area (TPSA) is 76.1 Å². The van der Waals surface area contributed by atoms with Crippen LogP contribution in [0.1, 0.15) is 41.0 Å². The highest BCUT2D eigenvalue weighted by molar-refractivity contribution is 5.98. The lowest BCUT2D eigenvalue weighted by Gasteiger charge is -2.21. The van der Waals surface area contributed by atoms with E-state index >= 15 is 0 Å². The molecule has 0 aliphatic carbocycles. The van der Waals surface area contributed by atoms with Gasteiger partial charge in [-0.3, -0.25) is 14.5 Å². The highest BCUT2D eigenvalue weighted by Crippen LogP contribution is 2.26. The number of hydrogen-bond acceptors (Lipinski definition) is 6. The third-order valence-electron chi connectivity index (χ3n) is 5.43. The van der Waals surface area contributed by atoms with Gasteiger partial charge in [0.05, 0.1) is 6.54 Å². The lowest BCUT2D eigenvalue weighted by molar-refractivity contribution is -0.142. The number of esters is 1. The number of carbonyl (C=O) groups is 2. The van der Waals surface area contributed by atoms with Gasteiger partial charge in [-0.15, -0.1) is 0 Å². The first-order valence-electron chi connectivity index (χ1n) is 10.2. The summed E-state index contributed by atoms with van der Waals surface area (Å²) in [7, 11) is 0. The Hall–Kier alpha value is -3.06. The molecule has 1 saturated heterocycles. The van der Waals surface area contributed by atoms with Crippen molar-refractivity contribution in [2.45, 2.75) is 33.4 Å². The second-order valence-corrected chi connectivity index (χ2v) is 7.62. The van der Waals surface area contributed by atoms with Gasteiger partial charge in [0, 0.05) is 44.1 Å². The molecular weight excluding hydrogens is 384 g/mol. The van der Waals surface area contributed by atoms with Gasteiger partial charge < -0.3 is 18.5 Å². The Labute approximate surface area is 175 Å². The van der Waals surface area contributed by atoms with Crippen molar-refractivity contribution in [3.05, 3.63) is 59.2 Å². The van der Waals surface area contributed by atoms with Crippen LogP contribution < -0.4 is 0 Å². The first-order valence-corrected chi connectivity index (χ1v) is 10.2. The predicted octanol–water partition coefficient (Wildman–Crippen LogP) is 3.75. The number of hydrogen-bond donors (Lipinski definition) is 0. The number of rotatable bonds is 5. The maximum atomic E-state index is 13.1. The Morgan fingerprint density at radius 2 is 1.80 bits per heavy atom. The maximum absolute atomic E-state index is 13.1. The largest absolute Gasteiger partial charge is 0.461 e. The zero-order valence-corrected chi connectivity index (χ0v) is 17.3. The smallest absolute Gasteiger partial charge is 0.303 e. The van der Waals surface area contributed by atoms with E-state index in [-0.39, 0.29) is 18.5 Å². The summed E-state index contributed by atoms with van der Waals surface area (Å²) in [6.07, 6.45) is 0.881. The van der Waals surface area contributed by atoms with Gasteiger partial charge in [-0.25, -0.2) is 0 Å². The normalized spacial score (nSPS) is 15.3. The van der Waals surface area contributed by atoms with Gasteiger partial charge in [0.15, 0.2) is 5.76 Å². The van der Waals surface area contributed by atoms with Crippen LogP contribution in [0.4, 0.5) is 0 Å². The summed E-state index contributed by atoms with van der Waals surface area (Å²) in [6.45, 7) is 7.08. The number of para-hydroxylation sites is 1. The van der Waals surface area contributed by atoms with Crippen LogP contribution in [0.25, 0.3) is 11.0 Å². The Balaban J connectivity index is 1.37. The van der Waals surface area contributed by atoms with E-state index in [9.17, 15) is 9.59 Å². The summed E-state index contributed by atoms with van der Waals surface area (Å²) in [5, 5.41) is 0.986. The number of furan rings is 2. The third kappa shape index (κ3) is 4.41. The van der Waals surface area contributed by atoms with Crippen molar-refractivity contribution < 1.29 is 23.2 Å². The van der Waals surface area contributed by atoms with E-state index in [4.69, 9.17) is 13.6 Å². The minimum absolute atomic E-state index is 0.0489. The standard InChI is InChI=1S/C23H26N2O5/c1-16-20-6-3-4-7-21(20)30-22(16)23(27)25-11-5-10-24(12-13-25)14-18-8-9-19(29-18)15-28-17(2)26/h3-4,6-9H,5,10-15H2,1-2H3. The molecule has 1 aliphatic heterocycles. The highest BCUT2D eigenvalue weighted by atomic mass is 16.5. The minimum Gasteiger partial charge on any atom is -0.461 e. The molecule has 0 atom stereocenters. The summed E-state index contributed by atoms with van der Waals surface area (Å²) in [5.41, 5.74) is 1.64. The van der Waals surface area contributed by atoms with Crippen LogP contribution in [0.15, 0.2) is 45.2 Å². The van der Waals surface area contributed by atoms with Crippen LogP contribution in [-0.4, -0.2) is 47.9 Å². The Morgan fingerprint density at radius 1 is 1.00 bits per heavy atom. The Morgan fingerprint density at radius 3 is 2.60 bits per heavy atom. The second-order valence-electron chi connectivity index (χ2n) is 7.62. The van der Waals surface area contributed by atoms with Crippen LogP contribution in [0.5, 0.6) is 0 Å². The highest BCUT2D eigenvalue weighted by Gasteiger charge is 2.25. The van der Waals surface area contributed by atoms with Crippen molar-refractivity contribution in [1.82, 2.24) is 9.80 Å². The molecule has 1 fully saturated rings. The molecule has 30 heavy (non-hydrogen) atoms. The van der Waals surface area contributed by atoms with Gasteiger partial charge in [-0.2, -0.15) is 0 Å². The van der Waals surface area contributed by atoms with Crippen molar-refractivity contribution in [2.75, 3.05) is 26.2 Å². The molecule has 7 heteroatoms. The summed E-state index contributed by atoms with van der Waals surface area (Å²) in [4.78, 5) is 28.2. The number of benzene rings is 1. The van der Waals surface area contributed by atoms with Crippen molar-refractivity contribution in [1.29, 1.82) is 0 Å². The van der Waals surface area contributed by atoms with Crippen LogP contribution in [0.2, 0.25) is 0 Å². The molecule has 0 radical (unpaired) electrons. The number of aryl methyl sites for hydroxylation is 1. The van der Waals surface area contributed by atoms with Gasteiger partial charge in [-0.05, 0) is 31.5 Å². The fraction of sp³-hybridized carbons (Fsp3) is 0.391. The first kappa shape index (κ1) is 20.2. The van der Waals surface area contributed by atoms with Gasteiger partial charge >= 0.3 is 5.97 Å². The first-order chi connectivity index (χ1) is 14.5. The second kappa shape index (κ2) is 8.75. The van der Waals surface area contributed by atoms with E-state index in [2.05, 4.69) is 4.90 Å². The molecule has 0 unspecified atom stereocenters. The van der Waals surface area contributed by atoms with E-state index in [1.807, 2.05) is 48.2 Å². The summed E-state index contributed by atoms with van der Waals surface area (Å²) in [5.74, 6) is 1.51. The van der Waals surface area contributed by atoms with Gasteiger partial charge in [0.25, 0.3) is 5.91 Å². The molecule has 0 saturated carbocycles. The van der Waals surface area contributed by atoms with Crippen molar-refractivity contribution in [3.63, 3.8) is 0 Å². The minimum atomic E-state index is -0.329. The molecule has 1 amide bonds. The zero-order chi connectivity index (χ0) is 21.1. The number of amides is 1. The molecule has 3 aromatic rings. The SMILES string of the molecule is CC(=O)OCc1ccc(CN2CCCN(C(=O)c3oc4ccccc4c3C)CC2)o1. The van der Waals surface area contributed by atoms with Crippen LogP contribution in [0, 0.1) is 6.92 Å². The number of ether oxygens (including phenoxy) is 1. The van der Waals surface area contributed by atoms with Crippen LogP contribution in [0.3, 0.4) is 0 Å². The Kier molecular flexibility index (Phi) is 5.90. The molecule has 0 bridgehead atoms. The molecule has 158 valence electrons. The van der Waals surface area contributed by atoms with E-state index in [1.165, 1.54) is 6.92 Å². The average molecular weight is 410 g/mol. The summed E-state index contributed by atoms with van der Waals surface area (Å²) >= 11 is 0. The molecule has 4 rings (SSSR count). The van der Waals surface area contributed by atoms with Crippen molar-refractivity contribution in [3.8, 4) is 0 Å². The zero-order valence-electron chi connectivity index (χ0n) is 17.3. The summed E-state index contributed by atoms with van der Waals surface area (Å²) < 4.78 is 16.6. The van der Waals surface area contributed by atoms with Gasteiger partial charge in [0.1, 0.15) is 23.7 Å². The molecule has 1 aromatic carbocycles. The van der Waals surface area contributed by atoms with E-state index in [1.54, 1.807) is 0 Å². The van der Waals surface area contributed by atoms with E-state index in [0.717, 1.165) is 41.8 Å². The molecular formula is C23H26N2O5. The van der Waals surface area contributed by atoms with E-state index in [0.29, 0.717) is 31.2 Å². The van der Waals surface area contributed by atoms with E-state index < -0.39 is 0 Å². The molecule has 7 nitrogen and oxygen atoms in total. The fourth-order valence-electron chi connectivity index (χ4n) is 3.83. The van der Waals surface area contributed by atoms with Crippen LogP contribution >= 0.6 is 0 Å². The molecule has 3 heterocycles. The van der Waals surface area contributed by atoms with Crippen molar-refractivity contribution in [2.24, 2.45) is 0 Å². The lowest BCUT2D eigenvalue weighted by atomic mass is 10.1. The molecule has 0 N–H and O–H groups in total. The third-order valence-corrected chi connectivity index (χ3v) is 5.43. The number of nitrogens with zero attached hydrogens (tertiary/aromatic N) is 2. The average Bonchev–Trinajstić information content (AvgIpc) is 3.23. The predicted molar refractivity (Wildman–Crippen MR) is 111 cm³/mol. The van der Waals surface area contributed by atoms with Gasteiger partial charge in [0.2, 0.25) is 0 Å². The Bertz CT molecular complexity index is 1050. The number of fused-ring (bicyclic) bond motifs is 1. The fourth-order valence-corrected chi connectivity index (χ4v) is 3.83. The monoisotopic (exact) mass is 410 g/mol. The maximum Gasteiger partial charge on any atom is 0.303 e. The molecule has 1 aliphatic rings. The quantitative estimate of drug-likeness (QED) is 0.597. The van der Waals surface area contributed by atoms with Gasteiger partial charge in [-0.1, -0.05) is 18.2 Å². The van der Waals surface area contributed by atoms with Crippen LogP contribution in [-0.2, 0) is 22.7 Å². The summed E-state index contributed by atoms with van der Waals surface area (Å²) in [6, 6.07) is 11.5.